The van der Waals surface area contributed by atoms with Crippen molar-refractivity contribution < 1.29 is 13.9 Å². The molecule has 0 spiro atoms. The SMILES string of the molecule is Cc1cccc(OC(=O)c2ccn(C)c(=O)c2)c1F. The topological polar surface area (TPSA) is 48.3 Å². The second kappa shape index (κ2) is 5.06. The number of carbonyl (C=O) groups is 1. The van der Waals surface area contributed by atoms with E-state index < -0.39 is 11.8 Å². The van der Waals surface area contributed by atoms with E-state index in [1.807, 2.05) is 0 Å². The predicted octanol–water partition coefficient (Wildman–Crippen LogP) is 2.05. The molecule has 0 aliphatic rings. The van der Waals surface area contributed by atoms with Crippen LogP contribution in [0.2, 0.25) is 0 Å². The molecule has 19 heavy (non-hydrogen) atoms. The van der Waals surface area contributed by atoms with E-state index in [0.29, 0.717) is 5.56 Å². The standard InChI is InChI=1S/C14H12FNO3/c1-9-4-3-5-11(13(9)15)19-14(18)10-6-7-16(2)12(17)8-10/h3-8H,1-2H3. The minimum atomic E-state index is -0.762. The monoisotopic (exact) mass is 261 g/mol. The maximum absolute atomic E-state index is 13.7. The number of hydrogen-bond acceptors (Lipinski definition) is 3. The molecule has 0 aliphatic heterocycles. The molecule has 1 aromatic carbocycles. The lowest BCUT2D eigenvalue weighted by molar-refractivity contribution is 0.0727. The van der Waals surface area contributed by atoms with Gasteiger partial charge in [0.25, 0.3) is 5.56 Å². The first kappa shape index (κ1) is 13.0. The Morgan fingerprint density at radius 2 is 2.05 bits per heavy atom. The van der Waals surface area contributed by atoms with Gasteiger partial charge in [0.05, 0.1) is 5.56 Å². The molecule has 0 bridgehead atoms. The maximum atomic E-state index is 13.7. The second-order valence-electron chi connectivity index (χ2n) is 4.14. The zero-order chi connectivity index (χ0) is 14.0. The van der Waals surface area contributed by atoms with Crippen LogP contribution in [0.5, 0.6) is 5.75 Å². The molecule has 0 N–H and O–H groups in total. The number of carbonyl (C=O) groups excluding carboxylic acids is 1. The molecule has 0 radical (unpaired) electrons. The molecule has 0 atom stereocenters. The predicted molar refractivity (Wildman–Crippen MR) is 67.8 cm³/mol. The molecule has 0 saturated carbocycles. The number of benzene rings is 1. The first-order chi connectivity index (χ1) is 8.99. The summed E-state index contributed by atoms with van der Waals surface area (Å²) in [4.78, 5) is 23.2. The van der Waals surface area contributed by atoms with E-state index in [0.717, 1.165) is 6.07 Å². The summed E-state index contributed by atoms with van der Waals surface area (Å²) in [5.41, 5.74) is 0.137. The van der Waals surface area contributed by atoms with Gasteiger partial charge in [-0.3, -0.25) is 4.79 Å². The zero-order valence-corrected chi connectivity index (χ0v) is 10.5. The minimum absolute atomic E-state index is 0.0870. The van der Waals surface area contributed by atoms with Gasteiger partial charge < -0.3 is 9.30 Å². The molecular weight excluding hydrogens is 249 g/mol. The molecule has 4 nitrogen and oxygen atoms in total. The molecule has 2 rings (SSSR count). The minimum Gasteiger partial charge on any atom is -0.420 e. The quantitative estimate of drug-likeness (QED) is 0.614. The van der Waals surface area contributed by atoms with E-state index in [2.05, 4.69) is 0 Å². The molecule has 1 aromatic heterocycles. The van der Waals surface area contributed by atoms with Crippen LogP contribution >= 0.6 is 0 Å². The van der Waals surface area contributed by atoms with Crippen molar-refractivity contribution in [2.45, 2.75) is 6.92 Å². The van der Waals surface area contributed by atoms with Crippen molar-refractivity contribution in [2.24, 2.45) is 7.05 Å². The molecule has 0 fully saturated rings. The molecule has 2 aromatic rings. The number of hydrogen-bond donors (Lipinski definition) is 0. The molecular formula is C14H12FNO3. The molecule has 98 valence electrons. The van der Waals surface area contributed by atoms with Crippen LogP contribution in [0.3, 0.4) is 0 Å². The van der Waals surface area contributed by atoms with Crippen LogP contribution in [-0.2, 0) is 7.05 Å². The van der Waals surface area contributed by atoms with Crippen molar-refractivity contribution in [3.05, 3.63) is 63.8 Å². The highest BCUT2D eigenvalue weighted by molar-refractivity contribution is 5.90. The lowest BCUT2D eigenvalue weighted by Crippen LogP contribution is -2.19. The molecule has 1 heterocycles. The van der Waals surface area contributed by atoms with Gasteiger partial charge >= 0.3 is 5.97 Å². The fraction of sp³-hybridized carbons (Fsp3) is 0.143. The smallest absolute Gasteiger partial charge is 0.343 e. The van der Waals surface area contributed by atoms with Gasteiger partial charge in [0.2, 0.25) is 0 Å². The fourth-order valence-corrected chi connectivity index (χ4v) is 1.53. The van der Waals surface area contributed by atoms with Crippen LogP contribution < -0.4 is 10.3 Å². The molecule has 0 amide bonds. The van der Waals surface area contributed by atoms with E-state index in [1.54, 1.807) is 26.1 Å². The Bertz CT molecular complexity index is 691. The van der Waals surface area contributed by atoms with Crippen LogP contribution in [0.25, 0.3) is 0 Å². The third kappa shape index (κ3) is 2.70. The van der Waals surface area contributed by atoms with Crippen LogP contribution in [0.1, 0.15) is 15.9 Å². The number of pyridine rings is 1. The maximum Gasteiger partial charge on any atom is 0.343 e. The lowest BCUT2D eigenvalue weighted by Gasteiger charge is -2.07. The summed E-state index contributed by atoms with van der Waals surface area (Å²) < 4.78 is 19.9. The Balaban J connectivity index is 2.28. The highest BCUT2D eigenvalue weighted by Gasteiger charge is 2.13. The van der Waals surface area contributed by atoms with Gasteiger partial charge in [0, 0.05) is 19.3 Å². The van der Waals surface area contributed by atoms with Gasteiger partial charge in [-0.1, -0.05) is 12.1 Å². The summed E-state index contributed by atoms with van der Waals surface area (Å²) in [5, 5.41) is 0. The lowest BCUT2D eigenvalue weighted by atomic mass is 10.2. The zero-order valence-electron chi connectivity index (χ0n) is 10.5. The fourth-order valence-electron chi connectivity index (χ4n) is 1.53. The van der Waals surface area contributed by atoms with Crippen molar-refractivity contribution in [3.8, 4) is 5.75 Å². The summed E-state index contributed by atoms with van der Waals surface area (Å²) >= 11 is 0. The number of aryl methyl sites for hydroxylation is 2. The van der Waals surface area contributed by atoms with E-state index in [4.69, 9.17) is 4.74 Å². The summed E-state index contributed by atoms with van der Waals surface area (Å²) in [6, 6.07) is 7.12. The van der Waals surface area contributed by atoms with Gasteiger partial charge in [0.15, 0.2) is 11.6 Å². The molecule has 0 saturated heterocycles. The van der Waals surface area contributed by atoms with Crippen molar-refractivity contribution >= 4 is 5.97 Å². The van der Waals surface area contributed by atoms with E-state index in [9.17, 15) is 14.0 Å². The van der Waals surface area contributed by atoms with Gasteiger partial charge in [-0.2, -0.15) is 0 Å². The summed E-state index contributed by atoms with van der Waals surface area (Å²) in [5.74, 6) is -1.49. The largest absolute Gasteiger partial charge is 0.420 e. The highest BCUT2D eigenvalue weighted by atomic mass is 19.1. The van der Waals surface area contributed by atoms with Gasteiger partial charge in [-0.25, -0.2) is 9.18 Å². The summed E-state index contributed by atoms with van der Waals surface area (Å²) in [7, 11) is 1.57. The van der Waals surface area contributed by atoms with E-state index in [-0.39, 0.29) is 16.9 Å². The number of aromatic nitrogens is 1. The number of rotatable bonds is 2. The van der Waals surface area contributed by atoms with Crippen LogP contribution in [0.15, 0.2) is 41.3 Å². The van der Waals surface area contributed by atoms with Gasteiger partial charge in [0.1, 0.15) is 0 Å². The average molecular weight is 261 g/mol. The Labute approximate surface area is 109 Å². The van der Waals surface area contributed by atoms with Gasteiger partial charge in [-0.05, 0) is 24.6 Å². The summed E-state index contributed by atoms with van der Waals surface area (Å²) in [6.07, 6.45) is 1.45. The number of esters is 1. The molecule has 0 unspecified atom stereocenters. The molecule has 0 aliphatic carbocycles. The van der Waals surface area contributed by atoms with E-state index >= 15 is 0 Å². The number of nitrogens with zero attached hydrogens (tertiary/aromatic N) is 1. The normalized spacial score (nSPS) is 10.3. The van der Waals surface area contributed by atoms with Crippen molar-refractivity contribution in [2.75, 3.05) is 0 Å². The van der Waals surface area contributed by atoms with Crippen molar-refractivity contribution in [1.82, 2.24) is 4.57 Å². The third-order valence-corrected chi connectivity index (χ3v) is 2.70. The second-order valence-corrected chi connectivity index (χ2v) is 4.14. The first-order valence-electron chi connectivity index (χ1n) is 5.63. The average Bonchev–Trinajstić information content (AvgIpc) is 2.38. The first-order valence-corrected chi connectivity index (χ1v) is 5.63. The van der Waals surface area contributed by atoms with Crippen LogP contribution in [0.4, 0.5) is 4.39 Å². The Morgan fingerprint density at radius 3 is 2.74 bits per heavy atom. The Morgan fingerprint density at radius 1 is 1.32 bits per heavy atom. The Hall–Kier alpha value is -2.43. The third-order valence-electron chi connectivity index (χ3n) is 2.70. The van der Waals surface area contributed by atoms with Crippen LogP contribution in [0, 0.1) is 12.7 Å². The summed E-state index contributed by atoms with van der Waals surface area (Å²) in [6.45, 7) is 1.57. The van der Waals surface area contributed by atoms with Gasteiger partial charge in [-0.15, -0.1) is 0 Å². The van der Waals surface area contributed by atoms with E-state index in [1.165, 1.54) is 22.9 Å². The Kier molecular flexibility index (Phi) is 3.46. The highest BCUT2D eigenvalue weighted by Crippen LogP contribution is 2.20. The van der Waals surface area contributed by atoms with Crippen molar-refractivity contribution in [3.63, 3.8) is 0 Å². The number of ether oxygens (including phenoxy) is 1. The molecule has 5 heteroatoms. The van der Waals surface area contributed by atoms with Crippen molar-refractivity contribution in [1.29, 1.82) is 0 Å². The number of halogens is 1. The van der Waals surface area contributed by atoms with Crippen LogP contribution in [-0.4, -0.2) is 10.5 Å².